The maximum atomic E-state index is 6.22. The highest BCUT2D eigenvalue weighted by Crippen LogP contribution is 2.24. The molecule has 0 amide bonds. The molecule has 2 rings (SSSR count). The first kappa shape index (κ1) is 24.4. The second-order valence-electron chi connectivity index (χ2n) is 5.84. The van der Waals surface area contributed by atoms with Crippen molar-refractivity contribution in [2.24, 2.45) is 4.99 Å². The summed E-state index contributed by atoms with van der Waals surface area (Å²) in [4.78, 5) is 11.0. The van der Waals surface area contributed by atoms with Crippen LogP contribution in [0.1, 0.15) is 29.3 Å². The summed E-state index contributed by atoms with van der Waals surface area (Å²) in [5.74, 6) is 0.794. The fourth-order valence-electron chi connectivity index (χ4n) is 2.46. The van der Waals surface area contributed by atoms with E-state index in [1.54, 1.807) is 25.5 Å². The maximum Gasteiger partial charge on any atom is 0.193 e. The van der Waals surface area contributed by atoms with Gasteiger partial charge in [-0.25, -0.2) is 4.98 Å². The fourth-order valence-corrected chi connectivity index (χ4v) is 3.88. The number of thiazole rings is 1. The first-order valence-corrected chi connectivity index (χ1v) is 9.91. The number of benzene rings is 1. The van der Waals surface area contributed by atoms with E-state index in [4.69, 9.17) is 27.9 Å². The van der Waals surface area contributed by atoms with Gasteiger partial charge in [-0.1, -0.05) is 29.3 Å². The highest BCUT2D eigenvalue weighted by atomic mass is 127. The monoisotopic (exact) mass is 542 g/mol. The third-order valence-electron chi connectivity index (χ3n) is 3.96. The summed E-state index contributed by atoms with van der Waals surface area (Å²) in [6.07, 6.45) is 0.731. The zero-order chi connectivity index (χ0) is 19.1. The molecule has 27 heavy (non-hydrogen) atoms. The molecule has 5 nitrogen and oxygen atoms in total. The van der Waals surface area contributed by atoms with Crippen molar-refractivity contribution in [1.82, 2.24) is 15.2 Å². The molecule has 1 atom stereocenters. The van der Waals surface area contributed by atoms with Crippen LogP contribution in [0.5, 0.6) is 0 Å². The van der Waals surface area contributed by atoms with Gasteiger partial charge < -0.3 is 15.0 Å². The molecule has 0 spiro atoms. The number of ether oxygens (including phenoxy) is 1. The Morgan fingerprint density at radius 3 is 2.63 bits per heavy atom. The number of guanidine groups is 1. The summed E-state index contributed by atoms with van der Waals surface area (Å²) < 4.78 is 5.31. The van der Waals surface area contributed by atoms with E-state index in [9.17, 15) is 0 Å². The van der Waals surface area contributed by atoms with E-state index >= 15 is 0 Å². The lowest BCUT2D eigenvalue weighted by Gasteiger charge is -2.21. The number of nitrogens with zero attached hydrogens (tertiary/aromatic N) is 3. The highest BCUT2D eigenvalue weighted by molar-refractivity contribution is 14.0. The number of hydrogen-bond donors (Lipinski definition) is 1. The summed E-state index contributed by atoms with van der Waals surface area (Å²) in [7, 11) is 5.44. The van der Waals surface area contributed by atoms with Crippen molar-refractivity contribution >= 4 is 64.5 Å². The van der Waals surface area contributed by atoms with Gasteiger partial charge in [0, 0.05) is 43.2 Å². The molecule has 1 unspecified atom stereocenters. The Morgan fingerprint density at radius 2 is 2.04 bits per heavy atom. The second-order valence-corrected chi connectivity index (χ2v) is 7.54. The molecule has 0 radical (unpaired) electrons. The molecule has 2 aromatic rings. The summed E-state index contributed by atoms with van der Waals surface area (Å²) in [5.41, 5.74) is 1.94. The lowest BCUT2D eigenvalue weighted by Crippen LogP contribution is -2.39. The van der Waals surface area contributed by atoms with Crippen molar-refractivity contribution in [3.63, 3.8) is 0 Å². The first-order chi connectivity index (χ1) is 12.5. The van der Waals surface area contributed by atoms with Crippen LogP contribution >= 0.6 is 58.5 Å². The third kappa shape index (κ3) is 7.05. The summed E-state index contributed by atoms with van der Waals surface area (Å²) in [6, 6.07) is 5.55. The van der Waals surface area contributed by atoms with E-state index in [2.05, 4.69) is 20.7 Å². The van der Waals surface area contributed by atoms with Gasteiger partial charge in [0.25, 0.3) is 0 Å². The highest BCUT2D eigenvalue weighted by Gasteiger charge is 2.13. The number of nitrogens with one attached hydrogen (secondary N) is 1. The van der Waals surface area contributed by atoms with E-state index in [1.165, 1.54) is 0 Å². The minimum absolute atomic E-state index is 0. The van der Waals surface area contributed by atoms with Crippen molar-refractivity contribution in [1.29, 1.82) is 0 Å². The first-order valence-electron chi connectivity index (χ1n) is 8.28. The minimum Gasteiger partial charge on any atom is -0.375 e. The Hall–Kier alpha value is -0.610. The molecular weight excluding hydrogens is 518 g/mol. The molecule has 9 heteroatoms. The number of aliphatic imine (C=N–C) groups is 1. The largest absolute Gasteiger partial charge is 0.375 e. The van der Waals surface area contributed by atoms with Gasteiger partial charge in [0.15, 0.2) is 5.96 Å². The normalized spacial score (nSPS) is 12.4. The van der Waals surface area contributed by atoms with E-state index in [1.807, 2.05) is 37.1 Å². The van der Waals surface area contributed by atoms with Crippen molar-refractivity contribution in [3.8, 4) is 0 Å². The van der Waals surface area contributed by atoms with Crippen LogP contribution < -0.4 is 5.32 Å². The molecule has 1 aromatic carbocycles. The Morgan fingerprint density at radius 1 is 1.37 bits per heavy atom. The molecule has 1 heterocycles. The van der Waals surface area contributed by atoms with Crippen LogP contribution in [0.2, 0.25) is 10.0 Å². The summed E-state index contributed by atoms with van der Waals surface area (Å²) in [6.45, 7) is 3.34. The van der Waals surface area contributed by atoms with Gasteiger partial charge in [0.1, 0.15) is 11.1 Å². The number of aromatic nitrogens is 1. The molecule has 0 aliphatic heterocycles. The zero-order valence-corrected chi connectivity index (χ0v) is 20.5. The summed E-state index contributed by atoms with van der Waals surface area (Å²) in [5, 5.41) is 7.75. The minimum atomic E-state index is 0. The molecule has 1 N–H and O–H groups in total. The maximum absolute atomic E-state index is 6.22. The van der Waals surface area contributed by atoms with Crippen LogP contribution in [0.4, 0.5) is 0 Å². The molecule has 150 valence electrons. The van der Waals surface area contributed by atoms with Gasteiger partial charge >= 0.3 is 0 Å². The number of rotatable bonds is 7. The second kappa shape index (κ2) is 12.1. The number of halogens is 3. The molecule has 0 aliphatic carbocycles. The van der Waals surface area contributed by atoms with Gasteiger partial charge in [-0.05, 0) is 31.0 Å². The van der Waals surface area contributed by atoms with Crippen molar-refractivity contribution in [2.75, 3.05) is 27.7 Å². The smallest absolute Gasteiger partial charge is 0.193 e. The van der Waals surface area contributed by atoms with E-state index in [0.29, 0.717) is 23.1 Å². The van der Waals surface area contributed by atoms with Crippen LogP contribution in [-0.2, 0) is 17.7 Å². The molecule has 0 fully saturated rings. The molecule has 0 aliphatic rings. The van der Waals surface area contributed by atoms with Gasteiger partial charge in [0.2, 0.25) is 0 Å². The Kier molecular flexibility index (Phi) is 10.9. The average Bonchev–Trinajstić information content (AvgIpc) is 3.08. The van der Waals surface area contributed by atoms with Crippen molar-refractivity contribution < 1.29 is 4.74 Å². The van der Waals surface area contributed by atoms with Crippen molar-refractivity contribution in [3.05, 3.63) is 49.9 Å². The lowest BCUT2D eigenvalue weighted by molar-refractivity contribution is 0.119. The van der Waals surface area contributed by atoms with Crippen LogP contribution in [0.25, 0.3) is 0 Å². The molecule has 0 bridgehead atoms. The van der Waals surface area contributed by atoms with E-state index < -0.39 is 0 Å². The Labute approximate surface area is 192 Å². The summed E-state index contributed by atoms with van der Waals surface area (Å²) >= 11 is 14.0. The van der Waals surface area contributed by atoms with Gasteiger partial charge in [-0.15, -0.1) is 35.3 Å². The quantitative estimate of drug-likeness (QED) is 0.303. The van der Waals surface area contributed by atoms with Crippen LogP contribution in [0, 0.1) is 0 Å². The van der Waals surface area contributed by atoms with Crippen LogP contribution in [0.3, 0.4) is 0 Å². The van der Waals surface area contributed by atoms with E-state index in [-0.39, 0.29) is 30.1 Å². The zero-order valence-electron chi connectivity index (χ0n) is 15.8. The molecular formula is C18H25Cl2IN4OS. The van der Waals surface area contributed by atoms with E-state index in [0.717, 1.165) is 28.6 Å². The van der Waals surface area contributed by atoms with Crippen LogP contribution in [-0.4, -0.2) is 43.6 Å². The van der Waals surface area contributed by atoms with Crippen LogP contribution in [0.15, 0.2) is 28.6 Å². The Balaban J connectivity index is 0.00000364. The van der Waals surface area contributed by atoms with Gasteiger partial charge in [0.05, 0.1) is 12.2 Å². The predicted molar refractivity (Wildman–Crippen MR) is 126 cm³/mol. The van der Waals surface area contributed by atoms with Gasteiger partial charge in [-0.2, -0.15) is 0 Å². The molecule has 1 aromatic heterocycles. The standard InChI is InChI=1S/C18H24Cl2N4OS.HI/c1-12(25-4)17-23-13(11-26-17)10-24(3)18(21-2)22-9-8-14-15(19)6-5-7-16(14)20;/h5-7,11-12H,8-10H2,1-4H3,(H,21,22);1H. The lowest BCUT2D eigenvalue weighted by atomic mass is 10.1. The SMILES string of the molecule is CN=C(NCCc1c(Cl)cccc1Cl)N(C)Cc1csc(C(C)OC)n1.I. The van der Waals surface area contributed by atoms with Crippen molar-refractivity contribution in [2.45, 2.75) is 26.0 Å². The molecule has 0 saturated carbocycles. The average molecular weight is 543 g/mol. The number of methoxy groups -OCH3 is 1. The Bertz CT molecular complexity index is 736. The predicted octanol–water partition coefficient (Wildman–Crippen LogP) is 5.03. The molecule has 0 saturated heterocycles. The third-order valence-corrected chi connectivity index (χ3v) is 5.73. The topological polar surface area (TPSA) is 49.8 Å². The fraction of sp³-hybridized carbons (Fsp3) is 0.444. The number of hydrogen-bond acceptors (Lipinski definition) is 4. The van der Waals surface area contributed by atoms with Gasteiger partial charge in [-0.3, -0.25) is 4.99 Å².